The second-order valence-corrected chi connectivity index (χ2v) is 12.7. The number of hydrogen-bond acceptors (Lipinski definition) is 0. The van der Waals surface area contributed by atoms with Gasteiger partial charge < -0.3 is 0 Å². The Labute approximate surface area is 182 Å². The van der Waals surface area contributed by atoms with E-state index in [0.29, 0.717) is 10.8 Å². The molecule has 0 unspecified atom stereocenters. The normalized spacial score (nSPS) is 45.3. The standard InChI is InChI=1S/C29H48/c1-7-22-15-17-28(5)23(19-22)11-12-24-26-14-13-25(21(4)10-8-9-20(2)3)29(26,6)18-16-27(24)28/h20-21,23-27H,1,8-19H2,2-6H3/t21-,23+,24+,25-,26+,27+,28+,29-/m1/s1. The molecule has 164 valence electrons. The van der Waals surface area contributed by atoms with Gasteiger partial charge in [0.2, 0.25) is 0 Å². The van der Waals surface area contributed by atoms with Crippen molar-refractivity contribution in [3.63, 3.8) is 0 Å². The van der Waals surface area contributed by atoms with Crippen LogP contribution in [-0.4, -0.2) is 0 Å². The lowest BCUT2D eigenvalue weighted by atomic mass is 9.44. The van der Waals surface area contributed by atoms with Crippen molar-refractivity contribution in [1.82, 2.24) is 0 Å². The monoisotopic (exact) mass is 396 g/mol. The lowest BCUT2D eigenvalue weighted by molar-refractivity contribution is -0.109. The highest BCUT2D eigenvalue weighted by atomic mass is 14.6. The summed E-state index contributed by atoms with van der Waals surface area (Å²) in [6, 6.07) is 0. The van der Waals surface area contributed by atoms with Crippen LogP contribution < -0.4 is 0 Å². The Morgan fingerprint density at radius 1 is 0.931 bits per heavy atom. The van der Waals surface area contributed by atoms with Crippen LogP contribution in [0.5, 0.6) is 0 Å². The maximum absolute atomic E-state index is 3.97. The zero-order valence-electron chi connectivity index (χ0n) is 20.2. The van der Waals surface area contributed by atoms with E-state index in [0.717, 1.165) is 41.4 Å². The van der Waals surface area contributed by atoms with Crippen molar-refractivity contribution in [2.24, 2.45) is 52.3 Å². The topological polar surface area (TPSA) is 0 Å². The zero-order chi connectivity index (χ0) is 20.8. The molecule has 0 amide bonds. The average molecular weight is 397 g/mol. The molecule has 0 N–H and O–H groups in total. The van der Waals surface area contributed by atoms with Crippen LogP contribution in [-0.2, 0) is 0 Å². The summed E-state index contributed by atoms with van der Waals surface area (Å²) in [5, 5.41) is 0. The first kappa shape index (κ1) is 21.7. The third-order valence-corrected chi connectivity index (χ3v) is 11.0. The molecule has 0 heteroatoms. The lowest BCUT2D eigenvalue weighted by Crippen LogP contribution is -2.53. The maximum atomic E-state index is 3.97. The Hall–Kier alpha value is -0.480. The van der Waals surface area contributed by atoms with Crippen LogP contribution in [0.15, 0.2) is 17.9 Å². The Bertz CT molecular complexity index is 636. The second kappa shape index (κ2) is 8.22. The summed E-state index contributed by atoms with van der Waals surface area (Å²) in [7, 11) is 0. The van der Waals surface area contributed by atoms with Crippen LogP contribution in [0, 0.1) is 52.3 Å². The number of fused-ring (bicyclic) bond motifs is 5. The fourth-order valence-electron chi connectivity index (χ4n) is 9.26. The molecule has 0 radical (unpaired) electrons. The Morgan fingerprint density at radius 2 is 1.69 bits per heavy atom. The van der Waals surface area contributed by atoms with E-state index < -0.39 is 0 Å². The lowest BCUT2D eigenvalue weighted by Gasteiger charge is -2.61. The summed E-state index contributed by atoms with van der Waals surface area (Å²) in [6.07, 6.45) is 17.4. The van der Waals surface area contributed by atoms with Crippen LogP contribution in [0.2, 0.25) is 0 Å². The molecule has 29 heavy (non-hydrogen) atoms. The van der Waals surface area contributed by atoms with Crippen LogP contribution in [0.4, 0.5) is 0 Å². The fraction of sp³-hybridized carbons (Fsp3) is 0.897. The maximum Gasteiger partial charge on any atom is -0.0210 e. The molecular formula is C29H48. The molecule has 0 heterocycles. The second-order valence-electron chi connectivity index (χ2n) is 12.7. The van der Waals surface area contributed by atoms with Gasteiger partial charge in [0.25, 0.3) is 0 Å². The summed E-state index contributed by atoms with van der Waals surface area (Å²) in [4.78, 5) is 0. The van der Waals surface area contributed by atoms with Crippen molar-refractivity contribution < 1.29 is 0 Å². The summed E-state index contributed by atoms with van der Waals surface area (Å²) in [5.74, 6) is 6.76. The first-order chi connectivity index (χ1) is 13.8. The zero-order valence-corrected chi connectivity index (χ0v) is 20.2. The van der Waals surface area contributed by atoms with E-state index in [1.807, 2.05) is 0 Å². The van der Waals surface area contributed by atoms with Crippen molar-refractivity contribution in [2.75, 3.05) is 0 Å². The molecule has 0 bridgehead atoms. The van der Waals surface area contributed by atoms with E-state index in [-0.39, 0.29) is 0 Å². The summed E-state index contributed by atoms with van der Waals surface area (Å²) in [5.41, 5.74) is 6.05. The van der Waals surface area contributed by atoms with Gasteiger partial charge in [0, 0.05) is 0 Å². The molecule has 4 fully saturated rings. The predicted molar refractivity (Wildman–Crippen MR) is 126 cm³/mol. The van der Waals surface area contributed by atoms with Gasteiger partial charge in [-0.25, -0.2) is 0 Å². The van der Waals surface area contributed by atoms with Crippen LogP contribution >= 0.6 is 0 Å². The van der Waals surface area contributed by atoms with Crippen molar-refractivity contribution >= 4 is 0 Å². The van der Waals surface area contributed by atoms with Gasteiger partial charge in [0.15, 0.2) is 0 Å². The van der Waals surface area contributed by atoms with Crippen LogP contribution in [0.3, 0.4) is 0 Å². The minimum Gasteiger partial charge on any atom is -0.130 e. The quantitative estimate of drug-likeness (QED) is 0.407. The molecule has 0 aromatic heterocycles. The van der Waals surface area contributed by atoms with Gasteiger partial charge in [-0.15, -0.1) is 5.73 Å². The molecular weight excluding hydrogens is 348 g/mol. The van der Waals surface area contributed by atoms with Crippen molar-refractivity contribution in [3.8, 4) is 0 Å². The molecule has 4 rings (SSSR count). The van der Waals surface area contributed by atoms with Crippen molar-refractivity contribution in [1.29, 1.82) is 0 Å². The van der Waals surface area contributed by atoms with E-state index in [9.17, 15) is 0 Å². The fourth-order valence-corrected chi connectivity index (χ4v) is 9.26. The SMILES string of the molecule is C=C=C1CC[C@@]2(C)[C@@H](CC[C@@H]3[C@@H]2CC[C@]2(C)[C@@H]([C@H](C)CCCC(C)C)CC[C@@H]32)C1. The van der Waals surface area contributed by atoms with Gasteiger partial charge in [-0.05, 0) is 116 Å². The highest BCUT2D eigenvalue weighted by molar-refractivity contribution is 5.14. The third-order valence-electron chi connectivity index (χ3n) is 11.0. The summed E-state index contributed by atoms with van der Waals surface area (Å²) < 4.78 is 0. The largest absolute Gasteiger partial charge is 0.130 e. The highest BCUT2D eigenvalue weighted by Gasteiger charge is 2.60. The Balaban J connectivity index is 1.47. The Morgan fingerprint density at radius 3 is 2.41 bits per heavy atom. The molecule has 0 spiro atoms. The van der Waals surface area contributed by atoms with E-state index in [2.05, 4.69) is 46.9 Å². The Kier molecular flexibility index (Phi) is 6.16. The molecule has 0 aromatic rings. The molecule has 0 aromatic carbocycles. The minimum atomic E-state index is 0.603. The van der Waals surface area contributed by atoms with Crippen molar-refractivity contribution in [3.05, 3.63) is 17.9 Å². The molecule has 0 saturated heterocycles. The van der Waals surface area contributed by atoms with Crippen molar-refractivity contribution in [2.45, 2.75) is 112 Å². The van der Waals surface area contributed by atoms with Gasteiger partial charge in [0.1, 0.15) is 0 Å². The van der Waals surface area contributed by atoms with E-state index >= 15 is 0 Å². The first-order valence-electron chi connectivity index (χ1n) is 13.2. The van der Waals surface area contributed by atoms with Gasteiger partial charge in [-0.3, -0.25) is 0 Å². The summed E-state index contributed by atoms with van der Waals surface area (Å²) in [6.45, 7) is 16.8. The van der Waals surface area contributed by atoms with E-state index in [1.54, 1.807) is 0 Å². The van der Waals surface area contributed by atoms with Gasteiger partial charge >= 0.3 is 0 Å². The summed E-state index contributed by atoms with van der Waals surface area (Å²) >= 11 is 0. The van der Waals surface area contributed by atoms with Gasteiger partial charge in [-0.1, -0.05) is 60.5 Å². The van der Waals surface area contributed by atoms with E-state index in [1.165, 1.54) is 82.6 Å². The van der Waals surface area contributed by atoms with E-state index in [4.69, 9.17) is 0 Å². The predicted octanol–water partition coefficient (Wildman–Crippen LogP) is 8.82. The molecule has 4 aliphatic carbocycles. The molecule has 0 nitrogen and oxygen atoms in total. The smallest absolute Gasteiger partial charge is 0.0210 e. The number of allylic oxidation sites excluding steroid dienone is 1. The highest BCUT2D eigenvalue weighted by Crippen LogP contribution is 2.68. The van der Waals surface area contributed by atoms with Crippen LogP contribution in [0.1, 0.15) is 112 Å². The molecule has 8 atom stereocenters. The molecule has 4 aliphatic rings. The minimum absolute atomic E-state index is 0.603. The van der Waals surface area contributed by atoms with Gasteiger partial charge in [0.05, 0.1) is 0 Å². The number of hydrogen-bond donors (Lipinski definition) is 0. The molecule has 4 saturated carbocycles. The third kappa shape index (κ3) is 3.71. The molecule has 0 aliphatic heterocycles. The first-order valence-corrected chi connectivity index (χ1v) is 13.2. The van der Waals surface area contributed by atoms with Crippen LogP contribution in [0.25, 0.3) is 0 Å². The number of rotatable bonds is 5. The average Bonchev–Trinajstić information content (AvgIpc) is 3.04. The van der Waals surface area contributed by atoms with Gasteiger partial charge in [-0.2, -0.15) is 0 Å².